The van der Waals surface area contributed by atoms with Gasteiger partial charge in [0.15, 0.2) is 11.9 Å². The predicted octanol–water partition coefficient (Wildman–Crippen LogP) is 1.18. The molecule has 2 atom stereocenters. The van der Waals surface area contributed by atoms with Crippen molar-refractivity contribution < 1.29 is 14.3 Å². The van der Waals surface area contributed by atoms with Gasteiger partial charge in [0.1, 0.15) is 0 Å². The van der Waals surface area contributed by atoms with Crippen LogP contribution in [-0.2, 0) is 11.2 Å². The van der Waals surface area contributed by atoms with Gasteiger partial charge in [-0.05, 0) is 39.0 Å². The summed E-state index contributed by atoms with van der Waals surface area (Å²) in [7, 11) is 0. The van der Waals surface area contributed by atoms with Gasteiger partial charge in [0.25, 0.3) is 5.91 Å². The molecular formula is C22H30N6O3. The Morgan fingerprint density at radius 1 is 1.35 bits per heavy atom. The molecule has 3 aliphatic rings. The van der Waals surface area contributed by atoms with Gasteiger partial charge in [-0.15, -0.1) is 0 Å². The van der Waals surface area contributed by atoms with E-state index in [-0.39, 0.29) is 5.91 Å². The third-order valence-corrected chi connectivity index (χ3v) is 6.77. The Morgan fingerprint density at radius 3 is 2.94 bits per heavy atom. The standard InChI is InChI=1S/C22H30N6O3/c1-22(2,14-26-8-10-31-11-9-26)24-21(29)19-17-12-15-4-3-5-16(15)20(17)28(25-19)18-13-27(30)7-6-23-18/h6-7,13,15-16H,3-5,8-12,14H2,1-2H3,(H,24,29)/t15-,16-/m0/s1. The number of carbonyl (C=O) groups is 1. The minimum Gasteiger partial charge on any atom is -0.619 e. The Balaban J connectivity index is 1.44. The Labute approximate surface area is 182 Å². The maximum atomic E-state index is 13.4. The monoisotopic (exact) mass is 426 g/mol. The van der Waals surface area contributed by atoms with E-state index >= 15 is 0 Å². The topological polar surface area (TPSA) is 99.2 Å². The Morgan fingerprint density at radius 2 is 2.16 bits per heavy atom. The molecule has 1 saturated carbocycles. The van der Waals surface area contributed by atoms with Crippen LogP contribution in [-0.4, -0.2) is 64.0 Å². The highest BCUT2D eigenvalue weighted by Gasteiger charge is 2.43. The van der Waals surface area contributed by atoms with Crippen LogP contribution in [0.5, 0.6) is 0 Å². The first-order chi connectivity index (χ1) is 14.9. The van der Waals surface area contributed by atoms with Crippen molar-refractivity contribution in [2.45, 2.75) is 51.0 Å². The van der Waals surface area contributed by atoms with Crippen LogP contribution in [0.25, 0.3) is 5.82 Å². The lowest BCUT2D eigenvalue weighted by atomic mass is 9.99. The highest BCUT2D eigenvalue weighted by atomic mass is 16.5. The van der Waals surface area contributed by atoms with E-state index in [2.05, 4.69) is 15.2 Å². The minimum absolute atomic E-state index is 0.154. The van der Waals surface area contributed by atoms with E-state index in [0.717, 1.165) is 61.7 Å². The zero-order valence-electron chi connectivity index (χ0n) is 18.2. The maximum absolute atomic E-state index is 13.4. The van der Waals surface area contributed by atoms with Gasteiger partial charge in [0, 0.05) is 36.7 Å². The first-order valence-electron chi connectivity index (χ1n) is 11.2. The van der Waals surface area contributed by atoms with Crippen molar-refractivity contribution in [2.24, 2.45) is 5.92 Å². The molecule has 1 amide bonds. The molecule has 9 heteroatoms. The molecule has 166 valence electrons. The van der Waals surface area contributed by atoms with Crippen molar-refractivity contribution in [2.75, 3.05) is 32.8 Å². The summed E-state index contributed by atoms with van der Waals surface area (Å²) in [6, 6.07) is 0. The van der Waals surface area contributed by atoms with Crippen molar-refractivity contribution in [1.29, 1.82) is 0 Å². The van der Waals surface area contributed by atoms with Gasteiger partial charge in [0.05, 0.1) is 25.1 Å². The second-order valence-electron chi connectivity index (χ2n) is 9.63. The fourth-order valence-electron chi connectivity index (χ4n) is 5.51. The SMILES string of the molecule is CC(C)(CN1CCOCC1)NC(=O)c1nn(-c2c[n+]([O-])ccn2)c2c1C[C@@H]1CCC[C@H]21. The molecule has 5 rings (SSSR count). The highest BCUT2D eigenvalue weighted by Crippen LogP contribution is 2.49. The Hall–Kier alpha value is -2.52. The number of ether oxygens (including phenoxy) is 1. The first-order valence-corrected chi connectivity index (χ1v) is 11.2. The number of aromatic nitrogens is 4. The zero-order chi connectivity index (χ0) is 21.6. The molecule has 1 saturated heterocycles. The third-order valence-electron chi connectivity index (χ3n) is 6.77. The number of morpholine rings is 1. The molecule has 9 nitrogen and oxygen atoms in total. The van der Waals surface area contributed by atoms with Gasteiger partial charge in [-0.2, -0.15) is 9.83 Å². The van der Waals surface area contributed by atoms with Crippen LogP contribution in [0.2, 0.25) is 0 Å². The van der Waals surface area contributed by atoms with Gasteiger partial charge in [-0.1, -0.05) is 6.42 Å². The van der Waals surface area contributed by atoms with E-state index in [1.165, 1.54) is 31.4 Å². The lowest BCUT2D eigenvalue weighted by molar-refractivity contribution is -0.605. The van der Waals surface area contributed by atoms with E-state index in [4.69, 9.17) is 9.84 Å². The molecule has 1 aliphatic heterocycles. The van der Waals surface area contributed by atoms with Crippen LogP contribution in [0, 0.1) is 11.1 Å². The molecule has 1 N–H and O–H groups in total. The molecule has 0 radical (unpaired) electrons. The summed E-state index contributed by atoms with van der Waals surface area (Å²) < 4.78 is 7.90. The number of rotatable bonds is 5. The Bertz CT molecular complexity index is 982. The van der Waals surface area contributed by atoms with Crippen LogP contribution < -0.4 is 10.0 Å². The normalized spacial score (nSPS) is 23.5. The van der Waals surface area contributed by atoms with Gasteiger partial charge < -0.3 is 15.3 Å². The highest BCUT2D eigenvalue weighted by molar-refractivity contribution is 5.95. The van der Waals surface area contributed by atoms with Gasteiger partial charge in [0.2, 0.25) is 12.0 Å². The molecule has 0 bridgehead atoms. The lowest BCUT2D eigenvalue weighted by Crippen LogP contribution is -2.53. The summed E-state index contributed by atoms with van der Waals surface area (Å²) in [5.74, 6) is 1.25. The number of hydrogen-bond acceptors (Lipinski definition) is 6. The number of amides is 1. The molecule has 0 unspecified atom stereocenters. The number of hydrogen-bond donors (Lipinski definition) is 1. The summed E-state index contributed by atoms with van der Waals surface area (Å²) in [6.45, 7) is 8.07. The summed E-state index contributed by atoms with van der Waals surface area (Å²) in [5.41, 5.74) is 2.17. The zero-order valence-corrected chi connectivity index (χ0v) is 18.2. The maximum Gasteiger partial charge on any atom is 0.272 e. The van der Waals surface area contributed by atoms with E-state index in [1.807, 2.05) is 13.8 Å². The van der Waals surface area contributed by atoms with E-state index in [1.54, 1.807) is 4.68 Å². The third kappa shape index (κ3) is 3.92. The van der Waals surface area contributed by atoms with Gasteiger partial charge >= 0.3 is 0 Å². The van der Waals surface area contributed by atoms with Crippen molar-refractivity contribution in [3.63, 3.8) is 0 Å². The van der Waals surface area contributed by atoms with Crippen molar-refractivity contribution in [3.8, 4) is 5.82 Å². The molecule has 2 aromatic rings. The van der Waals surface area contributed by atoms with Crippen LogP contribution in [0.15, 0.2) is 18.6 Å². The minimum atomic E-state index is -0.400. The Kier molecular flexibility index (Phi) is 5.18. The molecule has 31 heavy (non-hydrogen) atoms. The van der Waals surface area contributed by atoms with Crippen molar-refractivity contribution >= 4 is 5.91 Å². The number of nitrogens with zero attached hydrogens (tertiary/aromatic N) is 5. The molecule has 2 aliphatic carbocycles. The number of nitrogens with one attached hydrogen (secondary N) is 1. The summed E-state index contributed by atoms with van der Waals surface area (Å²) in [6.07, 6.45) is 8.58. The molecule has 0 aromatic carbocycles. The van der Waals surface area contributed by atoms with E-state index < -0.39 is 5.54 Å². The van der Waals surface area contributed by atoms with Gasteiger partial charge in [-0.3, -0.25) is 9.69 Å². The van der Waals surface area contributed by atoms with Crippen LogP contribution in [0.1, 0.15) is 60.8 Å². The van der Waals surface area contributed by atoms with Crippen LogP contribution in [0.4, 0.5) is 0 Å². The fourth-order valence-corrected chi connectivity index (χ4v) is 5.51. The van der Waals surface area contributed by atoms with Crippen molar-refractivity contribution in [1.82, 2.24) is 25.0 Å². The second-order valence-corrected chi connectivity index (χ2v) is 9.63. The second kappa shape index (κ2) is 7.87. The van der Waals surface area contributed by atoms with Crippen LogP contribution >= 0.6 is 0 Å². The number of fused-ring (bicyclic) bond motifs is 3. The summed E-state index contributed by atoms with van der Waals surface area (Å²) in [4.78, 5) is 20.0. The molecule has 3 heterocycles. The molecule has 0 spiro atoms. The predicted molar refractivity (Wildman–Crippen MR) is 113 cm³/mol. The summed E-state index contributed by atoms with van der Waals surface area (Å²) >= 11 is 0. The van der Waals surface area contributed by atoms with Crippen molar-refractivity contribution in [3.05, 3.63) is 40.7 Å². The summed E-state index contributed by atoms with van der Waals surface area (Å²) in [5, 5.41) is 19.7. The molecule has 2 aromatic heterocycles. The quantitative estimate of drug-likeness (QED) is 0.569. The average molecular weight is 427 g/mol. The molecular weight excluding hydrogens is 396 g/mol. The van der Waals surface area contributed by atoms with Gasteiger partial charge in [-0.25, -0.2) is 9.67 Å². The van der Waals surface area contributed by atoms with E-state index in [0.29, 0.717) is 23.3 Å². The largest absolute Gasteiger partial charge is 0.619 e. The number of carbonyl (C=O) groups excluding carboxylic acids is 1. The smallest absolute Gasteiger partial charge is 0.272 e. The first kappa shape index (κ1) is 20.4. The fraction of sp³-hybridized carbons (Fsp3) is 0.636. The van der Waals surface area contributed by atoms with Crippen LogP contribution in [0.3, 0.4) is 0 Å². The average Bonchev–Trinajstić information content (AvgIpc) is 3.39. The lowest BCUT2D eigenvalue weighted by Gasteiger charge is -2.35. The molecule has 2 fully saturated rings. The van der Waals surface area contributed by atoms with E-state index in [9.17, 15) is 10.0 Å².